The molecule has 5 rings (SSSR count). The standard InChI is InChI=1S/C28H25NO3/c1-31-27-13-11-23(28(30)29-15-14-21-7-3-5-9-24(21)18-29)16-25(27)19-32-26-12-10-20-6-2-4-8-22(20)17-26/h2-13,16-17H,14-15,18-19H2,1H3. The molecule has 0 fully saturated rings. The summed E-state index contributed by atoms with van der Waals surface area (Å²) in [5, 5.41) is 2.31. The van der Waals surface area contributed by atoms with Crippen LogP contribution in [-0.2, 0) is 19.6 Å². The van der Waals surface area contributed by atoms with Crippen LogP contribution in [0.15, 0.2) is 84.9 Å². The first-order valence-corrected chi connectivity index (χ1v) is 10.9. The molecule has 4 aromatic rings. The molecule has 0 saturated heterocycles. The predicted molar refractivity (Wildman–Crippen MR) is 126 cm³/mol. The predicted octanol–water partition coefficient (Wildman–Crippen LogP) is 5.63. The second kappa shape index (κ2) is 8.75. The van der Waals surface area contributed by atoms with Gasteiger partial charge in [0.25, 0.3) is 5.91 Å². The second-order valence-corrected chi connectivity index (χ2v) is 8.07. The molecule has 0 bridgehead atoms. The molecule has 0 N–H and O–H groups in total. The number of fused-ring (bicyclic) bond motifs is 2. The van der Waals surface area contributed by atoms with Crippen molar-refractivity contribution in [1.82, 2.24) is 4.90 Å². The van der Waals surface area contributed by atoms with E-state index in [-0.39, 0.29) is 5.91 Å². The number of nitrogens with zero attached hydrogens (tertiary/aromatic N) is 1. The summed E-state index contributed by atoms with van der Waals surface area (Å²) in [6.45, 7) is 1.69. The van der Waals surface area contributed by atoms with Crippen LogP contribution in [-0.4, -0.2) is 24.5 Å². The van der Waals surface area contributed by atoms with Gasteiger partial charge in [-0.2, -0.15) is 0 Å². The number of amides is 1. The zero-order chi connectivity index (χ0) is 21.9. The first kappa shape index (κ1) is 20.1. The highest BCUT2D eigenvalue weighted by Gasteiger charge is 2.22. The molecular formula is C28H25NO3. The highest BCUT2D eigenvalue weighted by atomic mass is 16.5. The van der Waals surface area contributed by atoms with E-state index in [2.05, 4.69) is 36.4 Å². The van der Waals surface area contributed by atoms with Gasteiger partial charge in [-0.15, -0.1) is 0 Å². The molecule has 1 heterocycles. The van der Waals surface area contributed by atoms with Crippen LogP contribution >= 0.6 is 0 Å². The third-order valence-corrected chi connectivity index (χ3v) is 6.06. The topological polar surface area (TPSA) is 38.8 Å². The van der Waals surface area contributed by atoms with Crippen LogP contribution < -0.4 is 9.47 Å². The van der Waals surface area contributed by atoms with Crippen LogP contribution in [0, 0.1) is 0 Å². The molecule has 32 heavy (non-hydrogen) atoms. The molecule has 1 amide bonds. The Kier molecular flexibility index (Phi) is 5.51. The summed E-state index contributed by atoms with van der Waals surface area (Å²) >= 11 is 0. The van der Waals surface area contributed by atoms with Crippen LogP contribution in [0.1, 0.15) is 27.0 Å². The number of carbonyl (C=O) groups excluding carboxylic acids is 1. The van der Waals surface area contributed by atoms with Gasteiger partial charge >= 0.3 is 0 Å². The van der Waals surface area contributed by atoms with Crippen molar-refractivity contribution in [1.29, 1.82) is 0 Å². The number of rotatable bonds is 5. The molecule has 0 unspecified atom stereocenters. The van der Waals surface area contributed by atoms with Crippen LogP contribution in [0.2, 0.25) is 0 Å². The number of methoxy groups -OCH3 is 1. The lowest BCUT2D eigenvalue weighted by molar-refractivity contribution is 0.0734. The van der Waals surface area contributed by atoms with E-state index in [4.69, 9.17) is 9.47 Å². The summed E-state index contributed by atoms with van der Waals surface area (Å²) < 4.78 is 11.6. The van der Waals surface area contributed by atoms with Crippen LogP contribution in [0.5, 0.6) is 11.5 Å². The normalized spacial score (nSPS) is 13.0. The lowest BCUT2D eigenvalue weighted by atomic mass is 9.99. The maximum absolute atomic E-state index is 13.2. The van der Waals surface area contributed by atoms with E-state index in [9.17, 15) is 4.79 Å². The average Bonchev–Trinajstić information content (AvgIpc) is 2.86. The summed E-state index contributed by atoms with van der Waals surface area (Å²) in [6, 6.07) is 28.2. The molecular weight excluding hydrogens is 398 g/mol. The van der Waals surface area contributed by atoms with Crippen molar-refractivity contribution in [2.75, 3.05) is 13.7 Å². The monoisotopic (exact) mass is 423 g/mol. The molecule has 0 aliphatic carbocycles. The molecule has 0 saturated carbocycles. The zero-order valence-electron chi connectivity index (χ0n) is 18.1. The van der Waals surface area contributed by atoms with E-state index < -0.39 is 0 Å². The van der Waals surface area contributed by atoms with Crippen molar-refractivity contribution in [2.45, 2.75) is 19.6 Å². The smallest absolute Gasteiger partial charge is 0.254 e. The first-order chi connectivity index (χ1) is 15.7. The number of ether oxygens (including phenoxy) is 2. The van der Waals surface area contributed by atoms with Crippen LogP contribution in [0.3, 0.4) is 0 Å². The molecule has 4 aromatic carbocycles. The minimum atomic E-state index is 0.0362. The van der Waals surface area contributed by atoms with Crippen molar-refractivity contribution in [3.63, 3.8) is 0 Å². The third-order valence-electron chi connectivity index (χ3n) is 6.06. The van der Waals surface area contributed by atoms with Gasteiger partial charge in [-0.05, 0) is 58.7 Å². The quantitative estimate of drug-likeness (QED) is 0.418. The van der Waals surface area contributed by atoms with Crippen LogP contribution in [0.4, 0.5) is 0 Å². The van der Waals surface area contributed by atoms with Crippen LogP contribution in [0.25, 0.3) is 10.8 Å². The maximum Gasteiger partial charge on any atom is 0.254 e. The van der Waals surface area contributed by atoms with Gasteiger partial charge < -0.3 is 14.4 Å². The van der Waals surface area contributed by atoms with Gasteiger partial charge in [0.1, 0.15) is 18.1 Å². The highest BCUT2D eigenvalue weighted by Crippen LogP contribution is 2.26. The van der Waals surface area contributed by atoms with E-state index in [0.29, 0.717) is 24.5 Å². The molecule has 1 aliphatic heterocycles. The Morgan fingerprint density at radius 1 is 0.875 bits per heavy atom. The van der Waals surface area contributed by atoms with Gasteiger partial charge in [0.15, 0.2) is 0 Å². The van der Waals surface area contributed by atoms with E-state index in [1.165, 1.54) is 16.5 Å². The first-order valence-electron chi connectivity index (χ1n) is 10.9. The maximum atomic E-state index is 13.2. The number of hydrogen-bond donors (Lipinski definition) is 0. The summed E-state index contributed by atoms with van der Waals surface area (Å²) in [5.41, 5.74) is 4.06. The van der Waals surface area contributed by atoms with E-state index in [1.54, 1.807) is 7.11 Å². The van der Waals surface area contributed by atoms with Gasteiger partial charge in [-0.1, -0.05) is 54.6 Å². The summed E-state index contributed by atoms with van der Waals surface area (Å²) in [6.07, 6.45) is 0.885. The van der Waals surface area contributed by atoms with Crippen molar-refractivity contribution in [2.24, 2.45) is 0 Å². The van der Waals surface area contributed by atoms with Gasteiger partial charge in [-0.25, -0.2) is 0 Å². The van der Waals surface area contributed by atoms with Crippen molar-refractivity contribution in [3.05, 3.63) is 107 Å². The summed E-state index contributed by atoms with van der Waals surface area (Å²) in [4.78, 5) is 15.1. The van der Waals surface area contributed by atoms with E-state index in [1.807, 2.05) is 53.4 Å². The Hall–Kier alpha value is -3.79. The zero-order valence-corrected chi connectivity index (χ0v) is 18.1. The molecule has 160 valence electrons. The fourth-order valence-corrected chi connectivity index (χ4v) is 4.29. The number of carbonyl (C=O) groups is 1. The molecule has 4 nitrogen and oxygen atoms in total. The van der Waals surface area contributed by atoms with Gasteiger partial charge in [0, 0.05) is 24.2 Å². The van der Waals surface area contributed by atoms with Gasteiger partial charge in [0.05, 0.1) is 7.11 Å². The Bertz CT molecular complexity index is 1280. The Morgan fingerprint density at radius 2 is 1.66 bits per heavy atom. The van der Waals surface area contributed by atoms with Crippen molar-refractivity contribution >= 4 is 16.7 Å². The van der Waals surface area contributed by atoms with Crippen molar-refractivity contribution in [3.8, 4) is 11.5 Å². The highest BCUT2D eigenvalue weighted by molar-refractivity contribution is 5.94. The Morgan fingerprint density at radius 3 is 2.50 bits per heavy atom. The second-order valence-electron chi connectivity index (χ2n) is 8.07. The molecule has 0 aromatic heterocycles. The third kappa shape index (κ3) is 4.04. The van der Waals surface area contributed by atoms with Crippen molar-refractivity contribution < 1.29 is 14.3 Å². The van der Waals surface area contributed by atoms with E-state index >= 15 is 0 Å². The van der Waals surface area contributed by atoms with Gasteiger partial charge in [-0.3, -0.25) is 4.79 Å². The molecule has 1 aliphatic rings. The Labute approximate surface area is 188 Å². The fraction of sp³-hybridized carbons (Fsp3) is 0.179. The largest absolute Gasteiger partial charge is 0.496 e. The summed E-state index contributed by atoms with van der Waals surface area (Å²) in [7, 11) is 1.64. The molecule has 4 heteroatoms. The molecule has 0 atom stereocenters. The van der Waals surface area contributed by atoms with Gasteiger partial charge in [0.2, 0.25) is 0 Å². The Balaban J connectivity index is 1.34. The number of benzene rings is 4. The summed E-state index contributed by atoms with van der Waals surface area (Å²) in [5.74, 6) is 1.54. The lowest BCUT2D eigenvalue weighted by Gasteiger charge is -2.29. The van der Waals surface area contributed by atoms with E-state index in [0.717, 1.165) is 29.7 Å². The average molecular weight is 424 g/mol. The number of hydrogen-bond acceptors (Lipinski definition) is 3. The minimum absolute atomic E-state index is 0.0362. The fourth-order valence-electron chi connectivity index (χ4n) is 4.29. The minimum Gasteiger partial charge on any atom is -0.496 e. The lowest BCUT2D eigenvalue weighted by Crippen LogP contribution is -2.36. The SMILES string of the molecule is COc1ccc(C(=O)N2CCc3ccccc3C2)cc1COc1ccc2ccccc2c1. The molecule has 0 radical (unpaired) electrons. The molecule has 0 spiro atoms.